The zero-order chi connectivity index (χ0) is 16.9. The summed E-state index contributed by atoms with van der Waals surface area (Å²) in [6, 6.07) is 15.5. The summed E-state index contributed by atoms with van der Waals surface area (Å²) < 4.78 is 0. The summed E-state index contributed by atoms with van der Waals surface area (Å²) in [6.07, 6.45) is 3.00. The molecule has 1 aromatic heterocycles. The number of aromatic nitrogens is 2. The van der Waals surface area contributed by atoms with Crippen LogP contribution in [0.2, 0.25) is 0 Å². The molecule has 5 nitrogen and oxygen atoms in total. The van der Waals surface area contributed by atoms with E-state index < -0.39 is 0 Å². The van der Waals surface area contributed by atoms with E-state index in [9.17, 15) is 4.79 Å². The third kappa shape index (κ3) is 3.76. The molecule has 1 heterocycles. The number of hydrogen-bond donors (Lipinski definition) is 2. The number of rotatable bonds is 4. The lowest BCUT2D eigenvalue weighted by Gasteiger charge is -2.08. The number of benzene rings is 2. The maximum Gasteiger partial charge on any atom is 0.275 e. The Morgan fingerprint density at radius 2 is 1.67 bits per heavy atom. The van der Waals surface area contributed by atoms with E-state index in [1.54, 1.807) is 6.20 Å². The van der Waals surface area contributed by atoms with Gasteiger partial charge in [-0.25, -0.2) is 9.97 Å². The molecule has 2 N–H and O–H groups in total. The summed E-state index contributed by atoms with van der Waals surface area (Å²) in [6.45, 7) is 4.04. The molecule has 3 aromatic rings. The lowest BCUT2D eigenvalue weighted by atomic mass is 10.1. The van der Waals surface area contributed by atoms with Gasteiger partial charge in [0, 0.05) is 11.4 Å². The Hall–Kier alpha value is -3.21. The minimum Gasteiger partial charge on any atom is -0.339 e. The van der Waals surface area contributed by atoms with Crippen molar-refractivity contribution in [3.63, 3.8) is 0 Å². The molecular weight excluding hydrogens is 300 g/mol. The quantitative estimate of drug-likeness (QED) is 0.760. The molecule has 1 amide bonds. The van der Waals surface area contributed by atoms with Gasteiger partial charge in [-0.05, 0) is 49.2 Å². The van der Waals surface area contributed by atoms with Gasteiger partial charge in [-0.1, -0.05) is 24.3 Å². The van der Waals surface area contributed by atoms with Gasteiger partial charge in [0.25, 0.3) is 5.91 Å². The Balaban J connectivity index is 1.68. The Bertz CT molecular complexity index is 845. The number of nitrogens with one attached hydrogen (secondary N) is 2. The Labute approximate surface area is 140 Å². The van der Waals surface area contributed by atoms with Crippen molar-refractivity contribution in [1.82, 2.24) is 9.97 Å². The van der Waals surface area contributed by atoms with Gasteiger partial charge in [0.15, 0.2) is 0 Å². The van der Waals surface area contributed by atoms with E-state index in [1.807, 2.05) is 62.4 Å². The van der Waals surface area contributed by atoms with Crippen molar-refractivity contribution in [2.24, 2.45) is 0 Å². The number of aryl methyl sites for hydroxylation is 2. The van der Waals surface area contributed by atoms with Crippen LogP contribution in [0.25, 0.3) is 0 Å². The molecule has 24 heavy (non-hydrogen) atoms. The molecule has 0 aliphatic rings. The zero-order valence-electron chi connectivity index (χ0n) is 13.6. The highest BCUT2D eigenvalue weighted by atomic mass is 16.1. The molecule has 2 aromatic carbocycles. The van der Waals surface area contributed by atoms with Gasteiger partial charge in [-0.3, -0.25) is 4.79 Å². The molecule has 0 saturated heterocycles. The smallest absolute Gasteiger partial charge is 0.275 e. The average Bonchev–Trinajstić information content (AvgIpc) is 2.60. The van der Waals surface area contributed by atoms with Crippen molar-refractivity contribution >= 4 is 23.1 Å². The van der Waals surface area contributed by atoms with Crippen LogP contribution in [-0.2, 0) is 0 Å². The fourth-order valence-corrected chi connectivity index (χ4v) is 2.19. The second-order valence-electron chi connectivity index (χ2n) is 5.53. The second-order valence-corrected chi connectivity index (χ2v) is 5.53. The van der Waals surface area contributed by atoms with Crippen molar-refractivity contribution < 1.29 is 4.79 Å². The molecule has 0 atom stereocenters. The number of carbonyl (C=O) groups excluding carboxylic acids is 1. The molecule has 5 heteroatoms. The van der Waals surface area contributed by atoms with Gasteiger partial charge in [0.1, 0.15) is 11.5 Å². The van der Waals surface area contributed by atoms with Crippen molar-refractivity contribution in [3.05, 3.63) is 77.7 Å². The van der Waals surface area contributed by atoms with Crippen molar-refractivity contribution in [2.45, 2.75) is 13.8 Å². The lowest BCUT2D eigenvalue weighted by molar-refractivity contribution is 0.102. The molecule has 0 aliphatic carbocycles. The van der Waals surface area contributed by atoms with Gasteiger partial charge in [-0.15, -0.1) is 0 Å². The molecule has 0 saturated carbocycles. The third-order valence-corrected chi connectivity index (χ3v) is 3.70. The number of anilines is 3. The molecule has 120 valence electrons. The van der Waals surface area contributed by atoms with Gasteiger partial charge >= 0.3 is 0 Å². The van der Waals surface area contributed by atoms with Crippen LogP contribution in [-0.4, -0.2) is 15.9 Å². The van der Waals surface area contributed by atoms with Gasteiger partial charge in [0.05, 0.1) is 12.4 Å². The highest BCUT2D eigenvalue weighted by Gasteiger charge is 2.09. The fraction of sp³-hybridized carbons (Fsp3) is 0.105. The van der Waals surface area contributed by atoms with Crippen LogP contribution in [0.15, 0.2) is 60.9 Å². The largest absolute Gasteiger partial charge is 0.339 e. The highest BCUT2D eigenvalue weighted by molar-refractivity contribution is 6.02. The van der Waals surface area contributed by atoms with Crippen LogP contribution in [0.5, 0.6) is 0 Å². The summed E-state index contributed by atoms with van der Waals surface area (Å²) in [7, 11) is 0. The zero-order valence-corrected chi connectivity index (χ0v) is 13.6. The predicted octanol–water partition coefficient (Wildman–Crippen LogP) is 4.09. The first-order valence-electron chi connectivity index (χ1n) is 7.64. The maximum atomic E-state index is 12.2. The number of para-hydroxylation sites is 1. The van der Waals surface area contributed by atoms with Crippen LogP contribution >= 0.6 is 0 Å². The fourth-order valence-electron chi connectivity index (χ4n) is 2.19. The molecule has 0 aliphatic heterocycles. The normalized spacial score (nSPS) is 10.2. The second kappa shape index (κ2) is 6.91. The summed E-state index contributed by atoms with van der Waals surface area (Å²) in [5, 5.41) is 5.96. The predicted molar refractivity (Wildman–Crippen MR) is 95.6 cm³/mol. The van der Waals surface area contributed by atoms with E-state index in [2.05, 4.69) is 20.6 Å². The molecule has 0 fully saturated rings. The minimum absolute atomic E-state index is 0.270. The van der Waals surface area contributed by atoms with E-state index in [0.29, 0.717) is 5.82 Å². The number of nitrogens with zero attached hydrogens (tertiary/aromatic N) is 2. The standard InChI is InChI=1S/C19H18N4O/c1-13-8-9-16(10-14(13)2)23-19(24)17-11-21-18(12-20-17)22-15-6-4-3-5-7-15/h3-12H,1-2H3,(H,21,22)(H,23,24). The summed E-state index contributed by atoms with van der Waals surface area (Å²) in [4.78, 5) is 20.7. The van der Waals surface area contributed by atoms with Gasteiger partial charge in [0.2, 0.25) is 0 Å². The van der Waals surface area contributed by atoms with Crippen LogP contribution in [0.4, 0.5) is 17.2 Å². The summed E-state index contributed by atoms with van der Waals surface area (Å²) in [5.41, 5.74) is 4.24. The van der Waals surface area contributed by atoms with Crippen molar-refractivity contribution in [3.8, 4) is 0 Å². The van der Waals surface area contributed by atoms with E-state index in [0.717, 1.165) is 16.9 Å². The molecule has 0 spiro atoms. The first-order valence-corrected chi connectivity index (χ1v) is 7.64. The highest BCUT2D eigenvalue weighted by Crippen LogP contribution is 2.16. The maximum absolute atomic E-state index is 12.2. The first kappa shape index (κ1) is 15.7. The molecule has 0 unspecified atom stereocenters. The minimum atomic E-state index is -0.281. The van der Waals surface area contributed by atoms with Crippen LogP contribution in [0.3, 0.4) is 0 Å². The molecule has 0 bridgehead atoms. The van der Waals surface area contributed by atoms with Crippen LogP contribution < -0.4 is 10.6 Å². The van der Waals surface area contributed by atoms with Crippen LogP contribution in [0.1, 0.15) is 21.6 Å². The molecule has 3 rings (SSSR count). The summed E-state index contributed by atoms with van der Waals surface area (Å²) >= 11 is 0. The number of carbonyl (C=O) groups is 1. The SMILES string of the molecule is Cc1ccc(NC(=O)c2cnc(Nc3ccccc3)cn2)cc1C. The van der Waals surface area contributed by atoms with E-state index in [1.165, 1.54) is 11.8 Å². The number of hydrogen-bond acceptors (Lipinski definition) is 4. The third-order valence-electron chi connectivity index (χ3n) is 3.70. The van der Waals surface area contributed by atoms with Gasteiger partial charge < -0.3 is 10.6 Å². The van der Waals surface area contributed by atoms with Crippen molar-refractivity contribution in [2.75, 3.05) is 10.6 Å². The Morgan fingerprint density at radius 1 is 0.875 bits per heavy atom. The van der Waals surface area contributed by atoms with E-state index in [4.69, 9.17) is 0 Å². The van der Waals surface area contributed by atoms with E-state index >= 15 is 0 Å². The Morgan fingerprint density at radius 3 is 2.33 bits per heavy atom. The van der Waals surface area contributed by atoms with Crippen LogP contribution in [0, 0.1) is 13.8 Å². The summed E-state index contributed by atoms with van der Waals surface area (Å²) in [5.74, 6) is 0.306. The number of amides is 1. The van der Waals surface area contributed by atoms with Gasteiger partial charge in [-0.2, -0.15) is 0 Å². The van der Waals surface area contributed by atoms with E-state index in [-0.39, 0.29) is 11.6 Å². The topological polar surface area (TPSA) is 66.9 Å². The average molecular weight is 318 g/mol. The Kier molecular flexibility index (Phi) is 4.52. The van der Waals surface area contributed by atoms with Crippen molar-refractivity contribution in [1.29, 1.82) is 0 Å². The molecule has 0 radical (unpaired) electrons. The lowest BCUT2D eigenvalue weighted by Crippen LogP contribution is -2.14. The first-order chi connectivity index (χ1) is 11.6. The molecular formula is C19H18N4O. The monoisotopic (exact) mass is 318 g/mol.